The van der Waals surface area contributed by atoms with Crippen molar-refractivity contribution in [3.05, 3.63) is 88.8 Å². The molecule has 8 nitrogen and oxygen atoms in total. The van der Waals surface area contributed by atoms with Crippen LogP contribution in [-0.4, -0.2) is 27.6 Å². The van der Waals surface area contributed by atoms with Gasteiger partial charge in [-0.1, -0.05) is 18.2 Å². The van der Waals surface area contributed by atoms with E-state index in [1.807, 2.05) is 31.2 Å². The molecule has 1 N–H and O–H groups in total. The molecule has 4 aromatic rings. The van der Waals surface area contributed by atoms with Crippen LogP contribution in [0.3, 0.4) is 0 Å². The van der Waals surface area contributed by atoms with Gasteiger partial charge in [-0.05, 0) is 51.0 Å². The van der Waals surface area contributed by atoms with Crippen LogP contribution in [0, 0.1) is 13.8 Å². The summed E-state index contributed by atoms with van der Waals surface area (Å²) < 4.78 is 11.6. The van der Waals surface area contributed by atoms with Gasteiger partial charge in [0.2, 0.25) is 5.76 Å². The summed E-state index contributed by atoms with van der Waals surface area (Å²) in [7, 11) is 0. The number of carbonyl (C=O) groups excluding carboxylic acids is 2. The molecule has 0 bridgehead atoms. The van der Waals surface area contributed by atoms with Gasteiger partial charge in [-0.2, -0.15) is 5.10 Å². The van der Waals surface area contributed by atoms with Crippen LogP contribution in [0.2, 0.25) is 0 Å². The fourth-order valence-corrected chi connectivity index (χ4v) is 4.11. The van der Waals surface area contributed by atoms with E-state index in [4.69, 9.17) is 9.15 Å². The maximum atomic E-state index is 13.1. The van der Waals surface area contributed by atoms with Crippen LogP contribution in [0.15, 0.2) is 64.4 Å². The molecule has 170 valence electrons. The lowest BCUT2D eigenvalue weighted by Gasteiger charge is -2.13. The predicted molar refractivity (Wildman–Crippen MR) is 126 cm³/mol. The van der Waals surface area contributed by atoms with Gasteiger partial charge >= 0.3 is 5.97 Å². The maximum absolute atomic E-state index is 13.1. The molecule has 8 heteroatoms. The Bertz CT molecular complexity index is 1440. The highest BCUT2D eigenvalue weighted by molar-refractivity contribution is 6.07. The van der Waals surface area contributed by atoms with Gasteiger partial charge in [0.25, 0.3) is 5.91 Å². The number of amides is 1. The minimum absolute atomic E-state index is 0.129. The molecule has 1 aliphatic carbocycles. The Morgan fingerprint density at radius 3 is 2.71 bits per heavy atom. The Kier molecular flexibility index (Phi) is 5.63. The zero-order valence-electron chi connectivity index (χ0n) is 18.8. The van der Waals surface area contributed by atoms with E-state index >= 15 is 0 Å². The SMILES string of the molecule is Cc1ccc2cccc(OC(=O)c3oc4c(c3C)/C(=N/NC(=O)c3ccncc3)CCC4)c2n1. The van der Waals surface area contributed by atoms with Crippen molar-refractivity contribution in [2.45, 2.75) is 33.1 Å². The maximum Gasteiger partial charge on any atom is 0.380 e. The molecule has 0 saturated heterocycles. The number of hydrogen-bond acceptors (Lipinski definition) is 7. The van der Waals surface area contributed by atoms with Crippen LogP contribution in [0.4, 0.5) is 0 Å². The fraction of sp³-hybridized carbons (Fsp3) is 0.192. The molecule has 0 aliphatic heterocycles. The molecule has 0 unspecified atom stereocenters. The summed E-state index contributed by atoms with van der Waals surface area (Å²) in [5.74, 6) is 0.243. The molecule has 3 heterocycles. The van der Waals surface area contributed by atoms with E-state index in [-0.39, 0.29) is 11.7 Å². The summed E-state index contributed by atoms with van der Waals surface area (Å²) in [5, 5.41) is 5.22. The summed E-state index contributed by atoms with van der Waals surface area (Å²) in [6, 6.07) is 12.5. The smallest absolute Gasteiger partial charge is 0.380 e. The summed E-state index contributed by atoms with van der Waals surface area (Å²) in [6.07, 6.45) is 5.23. The van der Waals surface area contributed by atoms with E-state index in [1.165, 1.54) is 0 Å². The van der Waals surface area contributed by atoms with Gasteiger partial charge in [-0.25, -0.2) is 15.2 Å². The van der Waals surface area contributed by atoms with E-state index in [2.05, 4.69) is 20.5 Å². The van der Waals surface area contributed by atoms with Crippen molar-refractivity contribution in [1.29, 1.82) is 0 Å². The lowest BCUT2D eigenvalue weighted by molar-refractivity contribution is 0.0700. The number of rotatable bonds is 4. The first-order valence-corrected chi connectivity index (χ1v) is 11.0. The van der Waals surface area contributed by atoms with Crippen molar-refractivity contribution in [1.82, 2.24) is 15.4 Å². The topological polar surface area (TPSA) is 107 Å². The van der Waals surface area contributed by atoms with Gasteiger partial charge in [0.15, 0.2) is 5.75 Å². The number of aromatic nitrogens is 2. The average Bonchev–Trinajstić information content (AvgIpc) is 3.20. The standard InChI is InChI=1S/C26H22N4O4/c1-15-9-10-17-5-3-8-21(23(17)28-15)34-26(32)24-16(2)22-19(6-4-7-20(22)33-24)29-30-25(31)18-11-13-27-14-12-18/h3,5,8-14H,4,6-7H2,1-2H3,(H,30,31)/b29-19+. The quantitative estimate of drug-likeness (QED) is 0.276. The number of fused-ring (bicyclic) bond motifs is 2. The molecule has 0 saturated carbocycles. The molecule has 34 heavy (non-hydrogen) atoms. The summed E-state index contributed by atoms with van der Waals surface area (Å²) in [5.41, 5.74) is 6.56. The van der Waals surface area contributed by atoms with E-state index in [0.29, 0.717) is 46.7 Å². The first-order valence-electron chi connectivity index (χ1n) is 11.0. The number of para-hydroxylation sites is 1. The number of furan rings is 1. The predicted octanol–water partition coefficient (Wildman–Crippen LogP) is 4.53. The minimum Gasteiger partial charge on any atom is -0.453 e. The minimum atomic E-state index is -0.595. The second-order valence-corrected chi connectivity index (χ2v) is 8.11. The molecule has 3 aromatic heterocycles. The fourth-order valence-electron chi connectivity index (χ4n) is 4.11. The van der Waals surface area contributed by atoms with Crippen molar-refractivity contribution >= 4 is 28.5 Å². The Balaban J connectivity index is 1.42. The Morgan fingerprint density at radius 1 is 1.06 bits per heavy atom. The van der Waals surface area contributed by atoms with Crippen molar-refractivity contribution in [2.24, 2.45) is 5.10 Å². The van der Waals surface area contributed by atoms with Gasteiger partial charge < -0.3 is 9.15 Å². The number of pyridine rings is 2. The molecule has 1 aliphatic rings. The zero-order chi connectivity index (χ0) is 23.7. The zero-order valence-corrected chi connectivity index (χ0v) is 18.8. The van der Waals surface area contributed by atoms with Crippen LogP contribution >= 0.6 is 0 Å². The summed E-state index contributed by atoms with van der Waals surface area (Å²) in [6.45, 7) is 3.69. The second kappa shape index (κ2) is 8.90. The van der Waals surface area contributed by atoms with Crippen molar-refractivity contribution < 1.29 is 18.7 Å². The van der Waals surface area contributed by atoms with Gasteiger partial charge in [-0.3, -0.25) is 9.78 Å². The Morgan fingerprint density at radius 2 is 1.88 bits per heavy atom. The third-order valence-corrected chi connectivity index (χ3v) is 5.77. The van der Waals surface area contributed by atoms with Crippen LogP contribution in [0.1, 0.15) is 56.3 Å². The van der Waals surface area contributed by atoms with Crippen molar-refractivity contribution in [3.8, 4) is 5.75 Å². The number of nitrogens with one attached hydrogen (secondary N) is 1. The van der Waals surface area contributed by atoms with Crippen LogP contribution in [-0.2, 0) is 6.42 Å². The largest absolute Gasteiger partial charge is 0.453 e. The van der Waals surface area contributed by atoms with E-state index in [0.717, 1.165) is 23.1 Å². The van der Waals surface area contributed by atoms with E-state index in [9.17, 15) is 9.59 Å². The number of hydrazone groups is 1. The molecule has 0 fully saturated rings. The van der Waals surface area contributed by atoms with E-state index < -0.39 is 5.97 Å². The second-order valence-electron chi connectivity index (χ2n) is 8.11. The van der Waals surface area contributed by atoms with Gasteiger partial charge in [0.1, 0.15) is 11.3 Å². The number of hydrogen-bond donors (Lipinski definition) is 1. The lowest BCUT2D eigenvalue weighted by atomic mass is 9.93. The first kappa shape index (κ1) is 21.5. The Hall–Kier alpha value is -4.33. The normalized spacial score (nSPS) is 14.1. The third-order valence-electron chi connectivity index (χ3n) is 5.77. The highest BCUT2D eigenvalue weighted by Crippen LogP contribution is 2.31. The van der Waals surface area contributed by atoms with Gasteiger partial charge in [0.05, 0.1) is 5.71 Å². The molecule has 0 radical (unpaired) electrons. The Labute approximate surface area is 195 Å². The number of aryl methyl sites for hydroxylation is 2. The van der Waals surface area contributed by atoms with Crippen LogP contribution < -0.4 is 10.2 Å². The molecule has 0 atom stereocenters. The first-order chi connectivity index (χ1) is 16.5. The average molecular weight is 454 g/mol. The van der Waals surface area contributed by atoms with E-state index in [1.54, 1.807) is 37.5 Å². The number of ether oxygens (including phenoxy) is 1. The van der Waals surface area contributed by atoms with Crippen LogP contribution in [0.5, 0.6) is 5.75 Å². The molecule has 1 aromatic carbocycles. The monoisotopic (exact) mass is 454 g/mol. The molecule has 0 spiro atoms. The molecular formula is C26H22N4O4. The number of nitrogens with zero attached hydrogens (tertiary/aromatic N) is 3. The van der Waals surface area contributed by atoms with Crippen molar-refractivity contribution in [2.75, 3.05) is 0 Å². The lowest BCUT2D eigenvalue weighted by Crippen LogP contribution is -2.22. The number of esters is 1. The van der Waals surface area contributed by atoms with Crippen LogP contribution in [0.25, 0.3) is 10.9 Å². The molecule has 1 amide bonds. The highest BCUT2D eigenvalue weighted by atomic mass is 16.5. The highest BCUT2D eigenvalue weighted by Gasteiger charge is 2.29. The number of carbonyl (C=O) groups is 2. The third kappa shape index (κ3) is 4.05. The van der Waals surface area contributed by atoms with Crippen molar-refractivity contribution in [3.63, 3.8) is 0 Å². The molecule has 5 rings (SSSR count). The van der Waals surface area contributed by atoms with Gasteiger partial charge in [0, 0.05) is 46.6 Å². The molecular weight excluding hydrogens is 432 g/mol. The van der Waals surface area contributed by atoms with Gasteiger partial charge in [-0.15, -0.1) is 0 Å². The summed E-state index contributed by atoms with van der Waals surface area (Å²) in [4.78, 5) is 33.9. The summed E-state index contributed by atoms with van der Waals surface area (Å²) >= 11 is 0. The number of benzene rings is 1.